The third-order valence-electron chi connectivity index (χ3n) is 0.824. The van der Waals surface area contributed by atoms with E-state index in [1.807, 2.05) is 19.6 Å². The highest BCUT2D eigenvalue weighted by molar-refractivity contribution is 6.68. The van der Waals surface area contributed by atoms with Crippen LogP contribution in [0.1, 0.15) is 14.9 Å². The Bertz CT molecular complexity index is 190. The molecule has 0 atom stereocenters. The summed E-state index contributed by atoms with van der Waals surface area (Å²) >= 11 is 0. The molecule has 0 radical (unpaired) electrons. The summed E-state index contributed by atoms with van der Waals surface area (Å²) in [7, 11) is -1.61. The molecule has 2 nitrogen and oxygen atoms in total. The lowest BCUT2D eigenvalue weighted by molar-refractivity contribution is -0.327. The number of rotatable bonds is 2. The van der Waals surface area contributed by atoms with Gasteiger partial charge in [-0.3, -0.25) is 0 Å². The van der Waals surface area contributed by atoms with Gasteiger partial charge in [-0.25, -0.2) is 4.39 Å². The Morgan fingerprint density at radius 3 is 1.21 bits per heavy atom. The molecule has 0 rings (SSSR count). The molecule has 122 valence electrons. The molecular weight excluding hydrogens is 301 g/mol. The Kier molecular flexibility index (Phi) is 13.6. The lowest BCUT2D eigenvalue weighted by Crippen LogP contribution is -2.44. The van der Waals surface area contributed by atoms with Crippen LogP contribution in [0.25, 0.3) is 0 Å². The highest BCUT2D eigenvalue weighted by atomic mass is 28.4. The van der Waals surface area contributed by atoms with Crippen LogP contribution in [-0.2, 0) is 4.74 Å². The molecule has 1 N–H and O–H groups in total. The Hall–Kier alpha value is -0.353. The Morgan fingerprint density at radius 1 is 0.947 bits per heavy atom. The maximum absolute atomic E-state index is 11.4. The molecular formula is C9H21F7O2Si. The van der Waals surface area contributed by atoms with Gasteiger partial charge in [0.15, 0.2) is 15.2 Å². The van der Waals surface area contributed by atoms with E-state index in [9.17, 15) is 30.7 Å². The lowest BCUT2D eigenvalue weighted by Gasteiger charge is -2.21. The molecule has 0 unspecified atom stereocenters. The molecule has 0 fully saturated rings. The minimum absolute atomic E-state index is 0. The molecule has 19 heavy (non-hydrogen) atoms. The van der Waals surface area contributed by atoms with E-state index in [4.69, 9.17) is 4.80 Å². The minimum atomic E-state index is -5.63. The second-order valence-corrected chi connectivity index (χ2v) is 8.25. The summed E-state index contributed by atoms with van der Waals surface area (Å²) in [6.07, 6.45) is -15.3. The van der Waals surface area contributed by atoms with Crippen LogP contribution in [0, 0.1) is 0 Å². The number of hydrogen-bond acceptors (Lipinski definition) is 2. The van der Waals surface area contributed by atoms with Gasteiger partial charge >= 0.3 is 12.4 Å². The first-order chi connectivity index (χ1) is 7.19. The summed E-state index contributed by atoms with van der Waals surface area (Å²) in [5.41, 5.74) is 0. The van der Waals surface area contributed by atoms with Crippen LogP contribution in [0.15, 0.2) is 0 Å². The zero-order chi connectivity index (χ0) is 14.5. The molecule has 0 aromatic rings. The van der Waals surface area contributed by atoms with Gasteiger partial charge in [-0.1, -0.05) is 14.9 Å². The highest BCUT2D eigenvalue weighted by Gasteiger charge is 2.58. The van der Waals surface area contributed by atoms with Crippen LogP contribution in [-0.4, -0.2) is 38.4 Å². The zero-order valence-electron chi connectivity index (χ0n) is 9.29. The van der Waals surface area contributed by atoms with Gasteiger partial charge in [0.2, 0.25) is 0 Å². The van der Waals surface area contributed by atoms with Crippen molar-refractivity contribution in [3.8, 4) is 0 Å². The van der Waals surface area contributed by atoms with E-state index in [-0.39, 0.29) is 14.9 Å². The molecule has 0 spiro atoms. The summed E-state index contributed by atoms with van der Waals surface area (Å²) in [6, 6.07) is 0. The normalized spacial score (nSPS) is 12.0. The van der Waals surface area contributed by atoms with E-state index in [0.717, 1.165) is 0 Å². The van der Waals surface area contributed by atoms with Gasteiger partial charge in [0.25, 0.3) is 6.10 Å². The second kappa shape index (κ2) is 9.53. The molecule has 10 heteroatoms. The average molecular weight is 322 g/mol. The van der Waals surface area contributed by atoms with Crippen molar-refractivity contribution >= 4 is 8.32 Å². The Morgan fingerprint density at radius 2 is 1.16 bits per heavy atom. The summed E-state index contributed by atoms with van der Waals surface area (Å²) < 4.78 is 82.3. The number of alkyl halides is 7. The third kappa shape index (κ3) is 20.1. The molecule has 0 bridgehead atoms. The standard InChI is InChI=1S/C4H3F7O.C3H10OSi.2CH4/c5-1-12-2(3(6,7)8)4(9,10)11;1-5(2,3)4;;/h2H,1H2;4H,1-3H3;2*1H4. The fourth-order valence-electron chi connectivity index (χ4n) is 0.438. The van der Waals surface area contributed by atoms with Crippen molar-refractivity contribution < 1.29 is 40.3 Å². The van der Waals surface area contributed by atoms with Crippen molar-refractivity contribution in [1.82, 2.24) is 0 Å². The van der Waals surface area contributed by atoms with Crippen molar-refractivity contribution in [3.05, 3.63) is 0 Å². The SMILES string of the molecule is C.C.C[Si](C)(C)O.FCOC(C(F)(F)F)C(F)(F)F. The van der Waals surface area contributed by atoms with Crippen LogP contribution in [0.2, 0.25) is 19.6 Å². The topological polar surface area (TPSA) is 29.5 Å². The van der Waals surface area contributed by atoms with Crippen molar-refractivity contribution in [3.63, 3.8) is 0 Å². The Labute approximate surface area is 109 Å². The molecule has 0 amide bonds. The first kappa shape index (κ1) is 27.1. The van der Waals surface area contributed by atoms with Gasteiger partial charge in [-0.2, -0.15) is 26.3 Å². The predicted molar refractivity (Wildman–Crippen MR) is 62.0 cm³/mol. The first-order valence-corrected chi connectivity index (χ1v) is 7.67. The van der Waals surface area contributed by atoms with Crippen LogP contribution >= 0.6 is 0 Å². The van der Waals surface area contributed by atoms with E-state index < -0.39 is 33.6 Å². The van der Waals surface area contributed by atoms with Gasteiger partial charge in [0.1, 0.15) is 0 Å². The van der Waals surface area contributed by atoms with Gasteiger partial charge in [-0.15, -0.1) is 0 Å². The highest BCUT2D eigenvalue weighted by Crippen LogP contribution is 2.35. The largest absolute Gasteiger partial charge is 0.433 e. The van der Waals surface area contributed by atoms with E-state index in [1.165, 1.54) is 0 Å². The smallest absolute Gasteiger partial charge is 0.423 e. The third-order valence-corrected chi connectivity index (χ3v) is 0.824. The van der Waals surface area contributed by atoms with E-state index in [1.54, 1.807) is 0 Å². The van der Waals surface area contributed by atoms with Gasteiger partial charge in [0.05, 0.1) is 0 Å². The fraction of sp³-hybridized carbons (Fsp3) is 1.00. The van der Waals surface area contributed by atoms with Gasteiger partial charge < -0.3 is 9.53 Å². The van der Waals surface area contributed by atoms with Gasteiger partial charge in [0, 0.05) is 0 Å². The van der Waals surface area contributed by atoms with Crippen LogP contribution in [0.3, 0.4) is 0 Å². The summed E-state index contributed by atoms with van der Waals surface area (Å²) in [4.78, 5) is 8.66. The monoisotopic (exact) mass is 322 g/mol. The Balaban J connectivity index is -0.000000139. The molecule has 0 saturated heterocycles. The van der Waals surface area contributed by atoms with E-state index >= 15 is 0 Å². The van der Waals surface area contributed by atoms with Crippen LogP contribution < -0.4 is 0 Å². The van der Waals surface area contributed by atoms with Crippen molar-refractivity contribution in [2.75, 3.05) is 6.86 Å². The molecule has 0 aliphatic heterocycles. The first-order valence-electron chi connectivity index (χ1n) is 4.23. The van der Waals surface area contributed by atoms with Crippen LogP contribution in [0.5, 0.6) is 0 Å². The molecule has 0 aromatic heterocycles. The summed E-state index contributed by atoms with van der Waals surface area (Å²) in [5.74, 6) is 0. The van der Waals surface area contributed by atoms with E-state index in [0.29, 0.717) is 0 Å². The van der Waals surface area contributed by atoms with Gasteiger partial charge in [-0.05, 0) is 19.6 Å². The molecule has 0 heterocycles. The maximum Gasteiger partial charge on any atom is 0.423 e. The van der Waals surface area contributed by atoms with E-state index in [2.05, 4.69) is 4.74 Å². The van der Waals surface area contributed by atoms with Crippen molar-refractivity contribution in [2.24, 2.45) is 0 Å². The summed E-state index contributed by atoms with van der Waals surface area (Å²) in [5, 5.41) is 0. The second-order valence-electron chi connectivity index (χ2n) is 3.91. The van der Waals surface area contributed by atoms with Crippen molar-refractivity contribution in [2.45, 2.75) is 53.0 Å². The molecule has 0 saturated carbocycles. The number of halogens is 7. The van der Waals surface area contributed by atoms with Crippen molar-refractivity contribution in [1.29, 1.82) is 0 Å². The predicted octanol–water partition coefficient (Wildman–Crippen LogP) is 4.51. The maximum atomic E-state index is 11.4. The average Bonchev–Trinajstić information content (AvgIpc) is 1.91. The van der Waals surface area contributed by atoms with Crippen LogP contribution in [0.4, 0.5) is 30.7 Å². The molecule has 0 aromatic carbocycles. The lowest BCUT2D eigenvalue weighted by atomic mass is 10.3. The zero-order valence-corrected chi connectivity index (χ0v) is 10.3. The number of hydrogen-bond donors (Lipinski definition) is 1. The quantitative estimate of drug-likeness (QED) is 0.599. The molecule has 0 aliphatic rings. The minimum Gasteiger partial charge on any atom is -0.433 e. The number of ether oxygens (including phenoxy) is 1. The fourth-order valence-corrected chi connectivity index (χ4v) is 0.438. The molecule has 0 aliphatic carbocycles. The summed E-state index contributed by atoms with van der Waals surface area (Å²) in [6.45, 7) is 3.51.